The van der Waals surface area contributed by atoms with Crippen LogP contribution in [0.2, 0.25) is 0 Å². The molecule has 0 aliphatic rings. The number of nitrogens with one attached hydrogen (secondary N) is 1. The van der Waals surface area contributed by atoms with Crippen molar-refractivity contribution in [1.82, 2.24) is 9.97 Å². The van der Waals surface area contributed by atoms with Crippen LogP contribution in [0.3, 0.4) is 0 Å². The zero-order valence-corrected chi connectivity index (χ0v) is 13.6. The molecule has 0 atom stereocenters. The Morgan fingerprint density at radius 2 is 1.59 bits per heavy atom. The molecule has 0 unspecified atom stereocenters. The highest BCUT2D eigenvalue weighted by Gasteiger charge is 2.15. The molecular formula is C14H20N4O3S. The van der Waals surface area contributed by atoms with Crippen molar-refractivity contribution in [3.8, 4) is 0 Å². The van der Waals surface area contributed by atoms with E-state index in [1.165, 1.54) is 24.3 Å². The van der Waals surface area contributed by atoms with E-state index in [1.807, 2.05) is 0 Å². The quantitative estimate of drug-likeness (QED) is 0.736. The van der Waals surface area contributed by atoms with Gasteiger partial charge in [-0.05, 0) is 51.1 Å². The van der Waals surface area contributed by atoms with Crippen molar-refractivity contribution < 1.29 is 13.5 Å². The molecule has 0 aliphatic carbocycles. The van der Waals surface area contributed by atoms with Crippen molar-refractivity contribution in [1.29, 1.82) is 0 Å². The summed E-state index contributed by atoms with van der Waals surface area (Å²) in [6, 6.07) is 7.68. The second kappa shape index (κ2) is 7.71. The molecule has 4 N–H and O–H groups in total. The van der Waals surface area contributed by atoms with Crippen molar-refractivity contribution in [3.63, 3.8) is 0 Å². The summed E-state index contributed by atoms with van der Waals surface area (Å²) < 4.78 is 26.6. The molecule has 0 saturated carbocycles. The van der Waals surface area contributed by atoms with E-state index < -0.39 is 10.0 Å². The number of aliphatic hydroxyl groups is 1. The van der Waals surface area contributed by atoms with Gasteiger partial charge in [0.25, 0.3) is 10.0 Å². The summed E-state index contributed by atoms with van der Waals surface area (Å²) in [5.74, 6) is 0.0642. The number of benzene rings is 1. The Hall–Kier alpha value is -2.19. The van der Waals surface area contributed by atoms with E-state index in [1.54, 1.807) is 26.8 Å². The summed E-state index contributed by atoms with van der Waals surface area (Å²) >= 11 is 0. The van der Waals surface area contributed by atoms with E-state index in [4.69, 9.17) is 10.8 Å². The molecule has 0 amide bonds. The fourth-order valence-electron chi connectivity index (χ4n) is 1.60. The van der Waals surface area contributed by atoms with E-state index in [0.717, 1.165) is 0 Å². The number of hydrogen-bond acceptors (Lipinski definition) is 6. The molecule has 0 spiro atoms. The lowest BCUT2D eigenvalue weighted by atomic mass is 10.3. The Kier molecular flexibility index (Phi) is 6.26. The van der Waals surface area contributed by atoms with Crippen molar-refractivity contribution in [2.45, 2.75) is 25.7 Å². The first-order valence-corrected chi connectivity index (χ1v) is 8.08. The van der Waals surface area contributed by atoms with Crippen LogP contribution in [0.25, 0.3) is 0 Å². The smallest absolute Gasteiger partial charge is 0.264 e. The second-order valence-corrected chi connectivity index (χ2v) is 6.15. The van der Waals surface area contributed by atoms with Gasteiger partial charge in [0.2, 0.25) is 5.95 Å². The Labute approximate surface area is 130 Å². The van der Waals surface area contributed by atoms with Gasteiger partial charge in [0, 0.05) is 23.7 Å². The van der Waals surface area contributed by atoms with Gasteiger partial charge in [-0.15, -0.1) is 0 Å². The zero-order chi connectivity index (χ0) is 16.8. The first-order chi connectivity index (χ1) is 10.3. The molecule has 0 saturated heterocycles. The number of rotatable bonds is 3. The molecule has 1 aromatic heterocycles. The van der Waals surface area contributed by atoms with E-state index in [9.17, 15) is 8.42 Å². The molecule has 120 valence electrons. The van der Waals surface area contributed by atoms with Gasteiger partial charge in [-0.25, -0.2) is 23.1 Å². The molecule has 2 rings (SSSR count). The monoisotopic (exact) mass is 324 g/mol. The third-order valence-electron chi connectivity index (χ3n) is 2.40. The third-order valence-corrected chi connectivity index (χ3v) is 3.74. The van der Waals surface area contributed by atoms with Crippen molar-refractivity contribution in [2.24, 2.45) is 0 Å². The number of aromatic nitrogens is 2. The predicted molar refractivity (Wildman–Crippen MR) is 85.9 cm³/mol. The molecule has 0 bridgehead atoms. The highest BCUT2D eigenvalue weighted by atomic mass is 32.2. The molecule has 8 heteroatoms. The fourth-order valence-corrected chi connectivity index (χ4v) is 2.54. The number of nitrogen functional groups attached to an aromatic ring is 1. The summed E-state index contributed by atoms with van der Waals surface area (Å²) in [5.41, 5.74) is 7.42. The lowest BCUT2D eigenvalue weighted by Crippen LogP contribution is -2.15. The number of aryl methyl sites for hydroxylation is 2. The highest BCUT2D eigenvalue weighted by molar-refractivity contribution is 7.92. The van der Waals surface area contributed by atoms with Crippen LogP contribution in [0.5, 0.6) is 0 Å². The van der Waals surface area contributed by atoms with Gasteiger partial charge >= 0.3 is 0 Å². The van der Waals surface area contributed by atoms with Gasteiger partial charge in [0.05, 0.1) is 4.90 Å². The maximum absolute atomic E-state index is 12.1. The van der Waals surface area contributed by atoms with Crippen LogP contribution in [-0.4, -0.2) is 30.1 Å². The van der Waals surface area contributed by atoms with Gasteiger partial charge in [0.15, 0.2) is 0 Å². The van der Waals surface area contributed by atoms with Crippen molar-refractivity contribution >= 4 is 21.7 Å². The maximum atomic E-state index is 12.1. The second-order valence-electron chi connectivity index (χ2n) is 4.47. The molecule has 1 aromatic carbocycles. The lowest BCUT2D eigenvalue weighted by molar-refractivity contribution is 0.318. The van der Waals surface area contributed by atoms with Crippen LogP contribution in [0.4, 0.5) is 11.6 Å². The highest BCUT2D eigenvalue weighted by Crippen LogP contribution is 2.15. The van der Waals surface area contributed by atoms with E-state index >= 15 is 0 Å². The summed E-state index contributed by atoms with van der Waals surface area (Å²) in [7, 11) is -3.69. The van der Waals surface area contributed by atoms with Crippen LogP contribution in [0.1, 0.15) is 18.3 Å². The largest absolute Gasteiger partial charge is 0.399 e. The topological polar surface area (TPSA) is 118 Å². The predicted octanol–water partition coefficient (Wildman–Crippen LogP) is 1.48. The van der Waals surface area contributed by atoms with Crippen molar-refractivity contribution in [3.05, 3.63) is 41.7 Å². The first kappa shape index (κ1) is 17.9. The molecule has 22 heavy (non-hydrogen) atoms. The summed E-state index contributed by atoms with van der Waals surface area (Å²) in [6.45, 7) is 5.48. The third kappa shape index (κ3) is 5.30. The molecule has 1 heterocycles. The number of nitrogens with two attached hydrogens (primary N) is 1. The Morgan fingerprint density at radius 3 is 2.05 bits per heavy atom. The van der Waals surface area contributed by atoms with Crippen LogP contribution in [0, 0.1) is 13.8 Å². The van der Waals surface area contributed by atoms with E-state index in [-0.39, 0.29) is 17.5 Å². The summed E-state index contributed by atoms with van der Waals surface area (Å²) in [6.07, 6.45) is 0. The number of hydrogen-bond donors (Lipinski definition) is 3. The molecule has 0 radical (unpaired) electrons. The van der Waals surface area contributed by atoms with E-state index in [2.05, 4.69) is 14.7 Å². The summed E-state index contributed by atoms with van der Waals surface area (Å²) in [5, 5.41) is 7.57. The molecule has 0 aliphatic heterocycles. The maximum Gasteiger partial charge on any atom is 0.264 e. The standard InChI is InChI=1S/C12H14N4O2S.C2H6O/c1-8-7-9(2)15-12(14-8)16-19(17,18)11-5-3-10(13)4-6-11;1-2-3/h3-7H,13H2,1-2H3,(H,14,15,16);3H,2H2,1H3. The van der Waals surface area contributed by atoms with Gasteiger partial charge < -0.3 is 10.8 Å². The summed E-state index contributed by atoms with van der Waals surface area (Å²) in [4.78, 5) is 8.19. The van der Waals surface area contributed by atoms with Crippen LogP contribution < -0.4 is 10.5 Å². The molecule has 7 nitrogen and oxygen atoms in total. The first-order valence-electron chi connectivity index (χ1n) is 6.60. The Bertz CT molecular complexity index is 695. The van der Waals surface area contributed by atoms with Gasteiger partial charge in [-0.1, -0.05) is 0 Å². The van der Waals surface area contributed by atoms with Crippen LogP contribution in [0.15, 0.2) is 35.2 Å². The SMILES string of the molecule is CCO.Cc1cc(C)nc(NS(=O)(=O)c2ccc(N)cc2)n1. The number of nitrogens with zero attached hydrogens (tertiary/aromatic N) is 2. The fraction of sp³-hybridized carbons (Fsp3) is 0.286. The lowest BCUT2D eigenvalue weighted by Gasteiger charge is -2.08. The number of sulfonamides is 1. The van der Waals surface area contributed by atoms with Crippen LogP contribution in [-0.2, 0) is 10.0 Å². The molecule has 2 aromatic rings. The van der Waals surface area contributed by atoms with Gasteiger partial charge in [-0.2, -0.15) is 0 Å². The minimum absolute atomic E-state index is 0.0642. The average molecular weight is 324 g/mol. The number of aliphatic hydroxyl groups excluding tert-OH is 1. The normalized spacial score (nSPS) is 10.5. The minimum atomic E-state index is -3.69. The minimum Gasteiger partial charge on any atom is -0.399 e. The average Bonchev–Trinajstić information content (AvgIpc) is 2.38. The van der Waals surface area contributed by atoms with Gasteiger partial charge in [-0.3, -0.25) is 0 Å². The molecular weight excluding hydrogens is 304 g/mol. The number of anilines is 2. The van der Waals surface area contributed by atoms with Crippen molar-refractivity contribution in [2.75, 3.05) is 17.1 Å². The van der Waals surface area contributed by atoms with Gasteiger partial charge in [0.1, 0.15) is 0 Å². The Morgan fingerprint density at radius 1 is 1.14 bits per heavy atom. The Balaban J connectivity index is 0.000000745. The molecule has 0 fully saturated rings. The van der Waals surface area contributed by atoms with Crippen LogP contribution >= 0.6 is 0 Å². The van der Waals surface area contributed by atoms with E-state index in [0.29, 0.717) is 17.1 Å². The zero-order valence-electron chi connectivity index (χ0n) is 12.7.